The molecule has 0 aliphatic carbocycles. The molecule has 0 amide bonds. The van der Waals surface area contributed by atoms with E-state index in [9.17, 15) is 0 Å². The van der Waals surface area contributed by atoms with E-state index in [1.165, 1.54) is 0 Å². The van der Waals surface area contributed by atoms with E-state index >= 15 is 0 Å². The Morgan fingerprint density at radius 1 is 1.55 bits per heavy atom. The minimum Gasteiger partial charge on any atom is -0.496 e. The maximum atomic E-state index is 5.49. The first-order valence-electron chi connectivity index (χ1n) is 3.31. The molecule has 1 rings (SSSR count). The third kappa shape index (κ3) is 1.73. The van der Waals surface area contributed by atoms with Crippen molar-refractivity contribution in [2.24, 2.45) is 5.73 Å². The quantitative estimate of drug-likeness (QED) is 0.819. The van der Waals surface area contributed by atoms with Crippen molar-refractivity contribution in [2.45, 2.75) is 6.54 Å². The predicted molar refractivity (Wildman–Crippen MR) is 48.6 cm³/mol. The minimum atomic E-state index is 0.526. The Balaban J connectivity index is 3.10. The van der Waals surface area contributed by atoms with Crippen molar-refractivity contribution in [1.82, 2.24) is 0 Å². The Hall–Kier alpha value is -0.540. The number of methoxy groups -OCH3 is 1. The number of ether oxygens (including phenoxy) is 1. The molecule has 1 aromatic rings. The molecule has 2 N–H and O–H groups in total. The summed E-state index contributed by atoms with van der Waals surface area (Å²) in [6.07, 6.45) is 0. The first-order chi connectivity index (χ1) is 5.29. The average molecular weight is 216 g/mol. The van der Waals surface area contributed by atoms with Gasteiger partial charge in [-0.2, -0.15) is 0 Å². The van der Waals surface area contributed by atoms with Crippen LogP contribution in [0.2, 0.25) is 0 Å². The molecule has 0 aliphatic heterocycles. The molecule has 0 saturated heterocycles. The summed E-state index contributed by atoms with van der Waals surface area (Å²) in [7, 11) is 1.64. The second-order valence-electron chi connectivity index (χ2n) is 2.14. The van der Waals surface area contributed by atoms with Crippen LogP contribution >= 0.6 is 15.9 Å². The molecule has 11 heavy (non-hydrogen) atoms. The molecular formula is C8H10BrNO. The van der Waals surface area contributed by atoms with Crippen LogP contribution in [0.4, 0.5) is 0 Å². The van der Waals surface area contributed by atoms with Gasteiger partial charge in [0.25, 0.3) is 0 Å². The molecular weight excluding hydrogens is 206 g/mol. The lowest BCUT2D eigenvalue weighted by Crippen LogP contribution is -1.98. The molecule has 0 aromatic heterocycles. The number of rotatable bonds is 2. The largest absolute Gasteiger partial charge is 0.496 e. The molecule has 0 fully saturated rings. The fourth-order valence-electron chi connectivity index (χ4n) is 0.872. The molecule has 0 heterocycles. The molecule has 0 saturated carbocycles. The lowest BCUT2D eigenvalue weighted by Gasteiger charge is -2.05. The van der Waals surface area contributed by atoms with Crippen LogP contribution in [0.25, 0.3) is 0 Å². The Labute approximate surface area is 74.5 Å². The third-order valence-corrected chi connectivity index (χ3v) is 2.38. The SMILES string of the molecule is COc1cccc(CN)c1Br. The van der Waals surface area contributed by atoms with E-state index in [1.54, 1.807) is 7.11 Å². The summed E-state index contributed by atoms with van der Waals surface area (Å²) in [4.78, 5) is 0. The number of halogens is 1. The van der Waals surface area contributed by atoms with Crippen molar-refractivity contribution < 1.29 is 4.74 Å². The fourth-order valence-corrected chi connectivity index (χ4v) is 1.46. The third-order valence-electron chi connectivity index (χ3n) is 1.48. The lowest BCUT2D eigenvalue weighted by atomic mass is 10.2. The predicted octanol–water partition coefficient (Wildman–Crippen LogP) is 1.92. The van der Waals surface area contributed by atoms with Crippen molar-refractivity contribution in [3.8, 4) is 5.75 Å². The van der Waals surface area contributed by atoms with E-state index in [1.807, 2.05) is 18.2 Å². The van der Waals surface area contributed by atoms with Crippen LogP contribution in [0, 0.1) is 0 Å². The molecule has 0 atom stereocenters. The first-order valence-corrected chi connectivity index (χ1v) is 4.10. The highest BCUT2D eigenvalue weighted by atomic mass is 79.9. The highest BCUT2D eigenvalue weighted by molar-refractivity contribution is 9.10. The van der Waals surface area contributed by atoms with Gasteiger partial charge in [0.2, 0.25) is 0 Å². The average Bonchev–Trinajstić information content (AvgIpc) is 2.05. The zero-order valence-electron chi connectivity index (χ0n) is 6.30. The van der Waals surface area contributed by atoms with Crippen LogP contribution < -0.4 is 10.5 Å². The summed E-state index contributed by atoms with van der Waals surface area (Å²) >= 11 is 3.40. The van der Waals surface area contributed by atoms with Gasteiger partial charge in [-0.25, -0.2) is 0 Å². The van der Waals surface area contributed by atoms with Gasteiger partial charge in [-0.3, -0.25) is 0 Å². The number of hydrogen-bond acceptors (Lipinski definition) is 2. The maximum absolute atomic E-state index is 5.49. The highest BCUT2D eigenvalue weighted by Crippen LogP contribution is 2.27. The zero-order valence-corrected chi connectivity index (χ0v) is 7.89. The molecule has 0 radical (unpaired) electrons. The Kier molecular flexibility index (Phi) is 2.91. The van der Waals surface area contributed by atoms with Crippen LogP contribution in [-0.2, 0) is 6.54 Å². The second kappa shape index (κ2) is 3.74. The molecule has 1 aromatic carbocycles. The fraction of sp³-hybridized carbons (Fsp3) is 0.250. The maximum Gasteiger partial charge on any atom is 0.133 e. The van der Waals surface area contributed by atoms with Crippen LogP contribution in [0.1, 0.15) is 5.56 Å². The van der Waals surface area contributed by atoms with Crippen molar-refractivity contribution in [3.63, 3.8) is 0 Å². The highest BCUT2D eigenvalue weighted by Gasteiger charge is 2.02. The van der Waals surface area contributed by atoms with E-state index in [0.717, 1.165) is 15.8 Å². The van der Waals surface area contributed by atoms with Crippen LogP contribution in [0.3, 0.4) is 0 Å². The molecule has 0 aliphatic rings. The Bertz CT molecular complexity index is 228. The van der Waals surface area contributed by atoms with Crippen molar-refractivity contribution >= 4 is 15.9 Å². The smallest absolute Gasteiger partial charge is 0.133 e. The Morgan fingerprint density at radius 2 is 2.27 bits per heavy atom. The number of hydrogen-bond donors (Lipinski definition) is 1. The zero-order chi connectivity index (χ0) is 8.27. The van der Waals surface area contributed by atoms with E-state index in [0.29, 0.717) is 6.54 Å². The van der Waals surface area contributed by atoms with Gasteiger partial charge in [-0.15, -0.1) is 0 Å². The van der Waals surface area contributed by atoms with E-state index < -0.39 is 0 Å². The molecule has 0 bridgehead atoms. The minimum absolute atomic E-state index is 0.526. The van der Waals surface area contributed by atoms with Gasteiger partial charge in [0.1, 0.15) is 5.75 Å². The van der Waals surface area contributed by atoms with Gasteiger partial charge in [0, 0.05) is 6.54 Å². The molecule has 60 valence electrons. The summed E-state index contributed by atoms with van der Waals surface area (Å²) < 4.78 is 6.03. The van der Waals surface area contributed by atoms with Gasteiger partial charge < -0.3 is 10.5 Å². The topological polar surface area (TPSA) is 35.2 Å². The van der Waals surface area contributed by atoms with Gasteiger partial charge >= 0.3 is 0 Å². The van der Waals surface area contributed by atoms with Gasteiger partial charge in [-0.05, 0) is 27.6 Å². The molecule has 3 heteroatoms. The normalized spacial score (nSPS) is 9.73. The van der Waals surface area contributed by atoms with Crippen LogP contribution in [-0.4, -0.2) is 7.11 Å². The van der Waals surface area contributed by atoms with E-state index in [2.05, 4.69) is 15.9 Å². The summed E-state index contributed by atoms with van der Waals surface area (Å²) in [6, 6.07) is 5.78. The van der Waals surface area contributed by atoms with Crippen LogP contribution in [0.15, 0.2) is 22.7 Å². The summed E-state index contributed by atoms with van der Waals surface area (Å²) in [5, 5.41) is 0. The van der Waals surface area contributed by atoms with Crippen LogP contribution in [0.5, 0.6) is 5.75 Å². The number of nitrogens with two attached hydrogens (primary N) is 1. The van der Waals surface area contributed by atoms with Gasteiger partial charge in [0.05, 0.1) is 11.6 Å². The molecule has 0 spiro atoms. The monoisotopic (exact) mass is 215 g/mol. The van der Waals surface area contributed by atoms with Crippen molar-refractivity contribution in [3.05, 3.63) is 28.2 Å². The first kappa shape index (κ1) is 8.56. The van der Waals surface area contributed by atoms with E-state index in [-0.39, 0.29) is 0 Å². The molecule has 2 nitrogen and oxygen atoms in total. The summed E-state index contributed by atoms with van der Waals surface area (Å²) in [5.41, 5.74) is 6.55. The number of benzene rings is 1. The molecule has 0 unspecified atom stereocenters. The Morgan fingerprint density at radius 3 is 2.82 bits per heavy atom. The van der Waals surface area contributed by atoms with E-state index in [4.69, 9.17) is 10.5 Å². The summed E-state index contributed by atoms with van der Waals surface area (Å²) in [5.74, 6) is 0.827. The van der Waals surface area contributed by atoms with Crippen molar-refractivity contribution in [2.75, 3.05) is 7.11 Å². The van der Waals surface area contributed by atoms with Gasteiger partial charge in [-0.1, -0.05) is 12.1 Å². The van der Waals surface area contributed by atoms with Crippen molar-refractivity contribution in [1.29, 1.82) is 0 Å². The standard InChI is InChI=1S/C8H10BrNO/c1-11-7-4-2-3-6(5-10)8(7)9/h2-4H,5,10H2,1H3. The summed E-state index contributed by atoms with van der Waals surface area (Å²) in [6.45, 7) is 0.526. The second-order valence-corrected chi connectivity index (χ2v) is 2.93. The van der Waals surface area contributed by atoms with Gasteiger partial charge in [0.15, 0.2) is 0 Å². The lowest BCUT2D eigenvalue weighted by molar-refractivity contribution is 0.411.